The highest BCUT2D eigenvalue weighted by atomic mass is 79.9. The van der Waals surface area contributed by atoms with Crippen molar-refractivity contribution in [2.24, 2.45) is 0 Å². The van der Waals surface area contributed by atoms with Gasteiger partial charge in [0.05, 0.1) is 0 Å². The van der Waals surface area contributed by atoms with Crippen molar-refractivity contribution in [3.63, 3.8) is 0 Å². The van der Waals surface area contributed by atoms with Crippen LogP contribution in [0.1, 0.15) is 18.6 Å². The summed E-state index contributed by atoms with van der Waals surface area (Å²) in [6.45, 7) is 3.95. The summed E-state index contributed by atoms with van der Waals surface area (Å²) in [6.07, 6.45) is 0.867. The number of aryl methyl sites for hydroxylation is 2. The molecule has 0 amide bonds. The van der Waals surface area contributed by atoms with E-state index in [0.29, 0.717) is 0 Å². The second kappa shape index (κ2) is 4.19. The number of oxazole rings is 1. The van der Waals surface area contributed by atoms with E-state index in [1.807, 2.05) is 31.2 Å². The van der Waals surface area contributed by atoms with E-state index in [2.05, 4.69) is 27.8 Å². The highest BCUT2D eigenvalue weighted by molar-refractivity contribution is 9.10. The quantitative estimate of drug-likeness (QED) is 0.821. The Morgan fingerprint density at radius 2 is 1.93 bits per heavy atom. The summed E-state index contributed by atoms with van der Waals surface area (Å²) in [5, 5.41) is 0. The van der Waals surface area contributed by atoms with Crippen LogP contribution in [0.15, 0.2) is 33.2 Å². The molecule has 0 bridgehead atoms. The first kappa shape index (κ1) is 10.4. The van der Waals surface area contributed by atoms with E-state index in [1.165, 1.54) is 0 Å². The largest absolute Gasteiger partial charge is 0.445 e. The third-order valence-electron chi connectivity index (χ3n) is 2.24. The molecule has 1 aromatic carbocycles. The maximum absolute atomic E-state index is 5.53. The Hall–Kier alpha value is -1.09. The summed E-state index contributed by atoms with van der Waals surface area (Å²) in [5.41, 5.74) is 2.06. The zero-order valence-electron chi connectivity index (χ0n) is 8.75. The Kier molecular flexibility index (Phi) is 2.91. The van der Waals surface area contributed by atoms with Crippen molar-refractivity contribution in [1.82, 2.24) is 4.98 Å². The molecule has 0 aliphatic heterocycles. The summed E-state index contributed by atoms with van der Waals surface area (Å²) in [7, 11) is 0. The minimum atomic E-state index is 0.727. The van der Waals surface area contributed by atoms with E-state index < -0.39 is 0 Å². The van der Waals surface area contributed by atoms with Crippen LogP contribution in [-0.4, -0.2) is 4.98 Å². The molecule has 2 nitrogen and oxygen atoms in total. The molecule has 0 saturated carbocycles. The first-order valence-corrected chi connectivity index (χ1v) is 5.72. The average Bonchev–Trinajstić information content (AvgIpc) is 2.61. The normalized spacial score (nSPS) is 10.6. The summed E-state index contributed by atoms with van der Waals surface area (Å²) in [6, 6.07) is 8.11. The third-order valence-corrected chi connectivity index (χ3v) is 2.77. The van der Waals surface area contributed by atoms with Crippen molar-refractivity contribution >= 4 is 15.9 Å². The van der Waals surface area contributed by atoms with Crippen LogP contribution in [0, 0.1) is 6.92 Å². The third kappa shape index (κ3) is 2.12. The smallest absolute Gasteiger partial charge is 0.191 e. The van der Waals surface area contributed by atoms with E-state index >= 15 is 0 Å². The number of aromatic nitrogens is 1. The Morgan fingerprint density at radius 1 is 1.27 bits per heavy atom. The summed E-state index contributed by atoms with van der Waals surface area (Å²) < 4.78 is 6.60. The molecule has 0 saturated heterocycles. The number of hydrogen-bond acceptors (Lipinski definition) is 2. The van der Waals surface area contributed by atoms with Gasteiger partial charge in [-0.3, -0.25) is 0 Å². The Morgan fingerprint density at radius 3 is 2.53 bits per heavy atom. The Balaban J connectivity index is 2.48. The van der Waals surface area contributed by atoms with E-state index in [0.717, 1.165) is 33.8 Å². The van der Waals surface area contributed by atoms with Crippen molar-refractivity contribution in [2.45, 2.75) is 20.3 Å². The molecule has 2 rings (SSSR count). The van der Waals surface area contributed by atoms with Crippen LogP contribution in [0.3, 0.4) is 0 Å². The maximum atomic E-state index is 5.53. The molecule has 2 aromatic rings. The van der Waals surface area contributed by atoms with Gasteiger partial charge in [-0.05, 0) is 12.1 Å². The van der Waals surface area contributed by atoms with Crippen molar-refractivity contribution in [3.05, 3.63) is 40.4 Å². The van der Waals surface area contributed by atoms with Crippen molar-refractivity contribution in [1.29, 1.82) is 0 Å². The first-order chi connectivity index (χ1) is 7.20. The van der Waals surface area contributed by atoms with Gasteiger partial charge in [-0.1, -0.05) is 35.0 Å². The number of benzene rings is 1. The highest BCUT2D eigenvalue weighted by Gasteiger charge is 2.10. The molecular weight excluding hydrogens is 254 g/mol. The van der Waals surface area contributed by atoms with Crippen molar-refractivity contribution in [2.75, 3.05) is 0 Å². The van der Waals surface area contributed by atoms with E-state index in [9.17, 15) is 0 Å². The monoisotopic (exact) mass is 265 g/mol. The number of hydrogen-bond donors (Lipinski definition) is 0. The van der Waals surface area contributed by atoms with Gasteiger partial charge in [0.2, 0.25) is 0 Å². The van der Waals surface area contributed by atoms with Gasteiger partial charge in [0.25, 0.3) is 0 Å². The predicted octanol–water partition coefficient (Wildman–Crippen LogP) is 3.97. The fraction of sp³-hybridized carbons (Fsp3) is 0.250. The lowest BCUT2D eigenvalue weighted by atomic mass is 10.1. The second-order valence-electron chi connectivity index (χ2n) is 3.37. The molecule has 0 spiro atoms. The van der Waals surface area contributed by atoms with Gasteiger partial charge in [0.1, 0.15) is 11.5 Å². The van der Waals surface area contributed by atoms with Crippen molar-refractivity contribution in [3.8, 4) is 11.3 Å². The lowest BCUT2D eigenvalue weighted by molar-refractivity contribution is 0.480. The molecule has 15 heavy (non-hydrogen) atoms. The van der Waals surface area contributed by atoms with Crippen LogP contribution in [0.4, 0.5) is 0 Å². The SMILES string of the molecule is CCc1oc(C)nc1-c1ccc(Br)cc1. The molecule has 0 atom stereocenters. The minimum absolute atomic E-state index is 0.727. The Bertz CT molecular complexity index is 459. The molecule has 0 aliphatic carbocycles. The minimum Gasteiger partial charge on any atom is -0.445 e. The van der Waals surface area contributed by atoms with E-state index in [-0.39, 0.29) is 0 Å². The van der Waals surface area contributed by atoms with Crippen LogP contribution in [0.25, 0.3) is 11.3 Å². The van der Waals surface area contributed by atoms with E-state index in [1.54, 1.807) is 0 Å². The molecule has 1 aromatic heterocycles. The van der Waals surface area contributed by atoms with Crippen LogP contribution in [0.5, 0.6) is 0 Å². The van der Waals surface area contributed by atoms with Crippen LogP contribution < -0.4 is 0 Å². The van der Waals surface area contributed by atoms with Crippen LogP contribution in [-0.2, 0) is 6.42 Å². The molecule has 0 unspecified atom stereocenters. The van der Waals surface area contributed by atoms with E-state index in [4.69, 9.17) is 4.42 Å². The molecule has 3 heteroatoms. The van der Waals surface area contributed by atoms with Gasteiger partial charge in [-0.25, -0.2) is 4.98 Å². The first-order valence-electron chi connectivity index (χ1n) is 4.93. The average molecular weight is 266 g/mol. The lowest BCUT2D eigenvalue weighted by Gasteiger charge is -1.98. The zero-order chi connectivity index (χ0) is 10.8. The maximum Gasteiger partial charge on any atom is 0.191 e. The zero-order valence-corrected chi connectivity index (χ0v) is 10.3. The molecule has 0 fully saturated rings. The Labute approximate surface area is 97.5 Å². The highest BCUT2D eigenvalue weighted by Crippen LogP contribution is 2.25. The van der Waals surface area contributed by atoms with Gasteiger partial charge in [0.15, 0.2) is 5.89 Å². The van der Waals surface area contributed by atoms with Gasteiger partial charge in [0, 0.05) is 23.4 Å². The topological polar surface area (TPSA) is 26.0 Å². The fourth-order valence-electron chi connectivity index (χ4n) is 1.54. The van der Waals surface area contributed by atoms with Gasteiger partial charge >= 0.3 is 0 Å². The van der Waals surface area contributed by atoms with Crippen LogP contribution in [0.2, 0.25) is 0 Å². The fourth-order valence-corrected chi connectivity index (χ4v) is 1.81. The van der Waals surface area contributed by atoms with Crippen molar-refractivity contribution < 1.29 is 4.42 Å². The standard InChI is InChI=1S/C12H12BrNO/c1-3-11-12(14-8(2)15-11)9-4-6-10(13)7-5-9/h4-7H,3H2,1-2H3. The molecule has 0 radical (unpaired) electrons. The number of halogens is 1. The lowest BCUT2D eigenvalue weighted by Crippen LogP contribution is -1.83. The summed E-state index contributed by atoms with van der Waals surface area (Å²) >= 11 is 3.41. The number of rotatable bonds is 2. The predicted molar refractivity (Wildman–Crippen MR) is 63.8 cm³/mol. The summed E-state index contributed by atoms with van der Waals surface area (Å²) in [4.78, 5) is 4.40. The number of nitrogens with zero attached hydrogens (tertiary/aromatic N) is 1. The molecule has 1 heterocycles. The van der Waals surface area contributed by atoms with Gasteiger partial charge in [-0.2, -0.15) is 0 Å². The van der Waals surface area contributed by atoms with Crippen LogP contribution >= 0.6 is 15.9 Å². The molecule has 0 N–H and O–H groups in total. The summed E-state index contributed by atoms with van der Waals surface area (Å²) in [5.74, 6) is 1.68. The van der Waals surface area contributed by atoms with Gasteiger partial charge < -0.3 is 4.42 Å². The van der Waals surface area contributed by atoms with Gasteiger partial charge in [-0.15, -0.1) is 0 Å². The molecule has 78 valence electrons. The molecule has 0 aliphatic rings. The molecular formula is C12H12BrNO. The second-order valence-corrected chi connectivity index (χ2v) is 4.28.